The quantitative estimate of drug-likeness (QED) is 0.780. The molecule has 0 bridgehead atoms. The van der Waals surface area contributed by atoms with E-state index in [1.165, 1.54) is 15.2 Å². The number of aryl methyl sites for hydroxylation is 1. The molecule has 0 spiro atoms. The zero-order chi connectivity index (χ0) is 15.6. The molecule has 1 aromatic rings. The number of nitrogens with two attached hydrogens (primary N) is 1. The van der Waals surface area contributed by atoms with Crippen LogP contribution >= 0.6 is 0 Å². The second kappa shape index (κ2) is 6.02. The smallest absolute Gasteiger partial charge is 0.249 e. The van der Waals surface area contributed by atoms with Crippen LogP contribution in [0.25, 0.3) is 0 Å². The van der Waals surface area contributed by atoms with Crippen molar-refractivity contribution in [3.05, 3.63) is 6.20 Å². The second-order valence-corrected chi connectivity index (χ2v) is 6.83. The van der Waals surface area contributed by atoms with Crippen molar-refractivity contribution in [2.45, 2.75) is 44.2 Å². The highest BCUT2D eigenvalue weighted by Gasteiger charge is 2.39. The van der Waals surface area contributed by atoms with Gasteiger partial charge in [0, 0.05) is 25.8 Å². The fourth-order valence-electron chi connectivity index (χ4n) is 2.46. The largest absolute Gasteiger partial charge is 0.381 e. The number of nitrogen functional groups attached to an aromatic ring is 1. The van der Waals surface area contributed by atoms with Gasteiger partial charge in [-0.15, -0.1) is 0 Å². The average molecular weight is 315 g/mol. The predicted molar refractivity (Wildman–Crippen MR) is 77.9 cm³/mol. The number of carbonyl (C=O) groups excluding carboxylic acids is 1. The maximum absolute atomic E-state index is 12.8. The van der Waals surface area contributed by atoms with Crippen LogP contribution in [-0.2, 0) is 21.4 Å². The van der Waals surface area contributed by atoms with Crippen molar-refractivity contribution in [2.24, 2.45) is 0 Å². The Hall–Kier alpha value is -1.61. The van der Waals surface area contributed by atoms with Gasteiger partial charge >= 0.3 is 0 Å². The Morgan fingerprint density at radius 3 is 2.81 bits per heavy atom. The van der Waals surface area contributed by atoms with Crippen molar-refractivity contribution >= 4 is 21.7 Å². The van der Waals surface area contributed by atoms with Gasteiger partial charge in [0.05, 0.1) is 0 Å². The molecule has 0 aromatic carbocycles. The summed E-state index contributed by atoms with van der Waals surface area (Å²) in [5, 5.41) is 6.70. The van der Waals surface area contributed by atoms with E-state index in [1.54, 1.807) is 6.92 Å². The van der Waals surface area contributed by atoms with Crippen LogP contribution in [0.2, 0.25) is 0 Å². The predicted octanol–water partition coefficient (Wildman–Crippen LogP) is -0.226. The Morgan fingerprint density at radius 1 is 1.48 bits per heavy atom. The number of hydrogen-bond donors (Lipinski definition) is 2. The first-order valence-corrected chi connectivity index (χ1v) is 8.48. The molecule has 1 aliphatic heterocycles. The lowest BCUT2D eigenvalue weighted by molar-refractivity contribution is -0.126. The van der Waals surface area contributed by atoms with Crippen LogP contribution in [0.3, 0.4) is 0 Å². The summed E-state index contributed by atoms with van der Waals surface area (Å²) in [5.41, 5.74) is 5.75. The number of hydrogen-bond acceptors (Lipinski definition) is 5. The molecule has 0 radical (unpaired) electrons. The molecule has 1 fully saturated rings. The highest BCUT2D eigenvalue weighted by atomic mass is 32.2. The SMILES string of the molecule is CCCn1cc(S(=O)(=O)N2CCNC(=O)C2CC)c(N)n1. The Kier molecular flexibility index (Phi) is 4.52. The van der Waals surface area contributed by atoms with Crippen LogP contribution in [-0.4, -0.2) is 47.5 Å². The van der Waals surface area contributed by atoms with E-state index in [4.69, 9.17) is 5.73 Å². The van der Waals surface area contributed by atoms with Crippen molar-refractivity contribution < 1.29 is 13.2 Å². The number of carbonyl (C=O) groups is 1. The molecule has 0 saturated carbocycles. The van der Waals surface area contributed by atoms with Gasteiger partial charge in [-0.05, 0) is 12.8 Å². The summed E-state index contributed by atoms with van der Waals surface area (Å²) < 4.78 is 28.2. The van der Waals surface area contributed by atoms with E-state index >= 15 is 0 Å². The maximum Gasteiger partial charge on any atom is 0.249 e. The third kappa shape index (κ3) is 2.88. The van der Waals surface area contributed by atoms with Gasteiger partial charge in [0.15, 0.2) is 5.82 Å². The van der Waals surface area contributed by atoms with E-state index in [2.05, 4.69) is 10.4 Å². The zero-order valence-electron chi connectivity index (χ0n) is 12.2. The Bertz CT molecular complexity index is 625. The first kappa shape index (κ1) is 15.8. The second-order valence-electron chi connectivity index (χ2n) is 4.97. The van der Waals surface area contributed by atoms with Crippen LogP contribution in [0.4, 0.5) is 5.82 Å². The lowest BCUT2D eigenvalue weighted by Crippen LogP contribution is -2.56. The molecule has 1 amide bonds. The minimum Gasteiger partial charge on any atom is -0.381 e. The minimum atomic E-state index is -3.82. The fraction of sp³-hybridized carbons (Fsp3) is 0.667. The van der Waals surface area contributed by atoms with Gasteiger partial charge in [-0.25, -0.2) is 8.42 Å². The maximum atomic E-state index is 12.8. The molecule has 8 nitrogen and oxygen atoms in total. The molecule has 1 unspecified atom stereocenters. The van der Waals surface area contributed by atoms with Gasteiger partial charge in [-0.3, -0.25) is 9.48 Å². The standard InChI is InChI=1S/C12H21N5O3S/c1-3-6-16-8-10(11(13)15-16)21(19,20)17-7-5-14-12(18)9(17)4-2/h8-9H,3-7H2,1-2H3,(H2,13,15)(H,14,18). The van der Waals surface area contributed by atoms with E-state index in [9.17, 15) is 13.2 Å². The summed E-state index contributed by atoms with van der Waals surface area (Å²) in [4.78, 5) is 11.8. The molecule has 1 aromatic heterocycles. The van der Waals surface area contributed by atoms with Crippen molar-refractivity contribution in [1.82, 2.24) is 19.4 Å². The van der Waals surface area contributed by atoms with Crippen molar-refractivity contribution in [2.75, 3.05) is 18.8 Å². The van der Waals surface area contributed by atoms with Gasteiger partial charge in [0.1, 0.15) is 10.9 Å². The molecule has 1 aliphatic rings. The fourth-order valence-corrected chi connectivity index (χ4v) is 4.18. The van der Waals surface area contributed by atoms with Crippen molar-refractivity contribution in [1.29, 1.82) is 0 Å². The van der Waals surface area contributed by atoms with Gasteiger partial charge in [0.2, 0.25) is 15.9 Å². The first-order valence-electron chi connectivity index (χ1n) is 7.04. The van der Waals surface area contributed by atoms with Crippen LogP contribution in [0.5, 0.6) is 0 Å². The minimum absolute atomic E-state index is 0.0238. The number of piperazine rings is 1. The topological polar surface area (TPSA) is 110 Å². The molecule has 1 atom stereocenters. The number of rotatable bonds is 5. The normalized spacial score (nSPS) is 20.5. The number of nitrogens with one attached hydrogen (secondary N) is 1. The highest BCUT2D eigenvalue weighted by Crippen LogP contribution is 2.25. The molecule has 21 heavy (non-hydrogen) atoms. The van der Waals surface area contributed by atoms with E-state index in [0.29, 0.717) is 19.5 Å². The number of nitrogens with zero attached hydrogens (tertiary/aromatic N) is 3. The van der Waals surface area contributed by atoms with Gasteiger partial charge in [0.25, 0.3) is 0 Å². The summed E-state index contributed by atoms with van der Waals surface area (Å²) in [6.07, 6.45) is 2.67. The lowest BCUT2D eigenvalue weighted by atomic mass is 10.2. The summed E-state index contributed by atoms with van der Waals surface area (Å²) in [6.45, 7) is 4.88. The van der Waals surface area contributed by atoms with Crippen molar-refractivity contribution in [3.63, 3.8) is 0 Å². The molecule has 9 heteroatoms. The van der Waals surface area contributed by atoms with Gasteiger partial charge in [-0.1, -0.05) is 13.8 Å². The molecule has 1 saturated heterocycles. The number of anilines is 1. The van der Waals surface area contributed by atoms with E-state index in [1.807, 2.05) is 6.92 Å². The van der Waals surface area contributed by atoms with Gasteiger partial charge in [-0.2, -0.15) is 9.40 Å². The molecule has 2 heterocycles. The number of aromatic nitrogens is 2. The Balaban J connectivity index is 2.38. The Morgan fingerprint density at radius 2 is 2.19 bits per heavy atom. The highest BCUT2D eigenvalue weighted by molar-refractivity contribution is 7.89. The third-order valence-electron chi connectivity index (χ3n) is 3.46. The molecular weight excluding hydrogens is 294 g/mol. The van der Waals surface area contributed by atoms with Crippen LogP contribution in [0, 0.1) is 0 Å². The molecule has 3 N–H and O–H groups in total. The molecule has 0 aliphatic carbocycles. The molecule has 2 rings (SSSR count). The van der Waals surface area contributed by atoms with Crippen LogP contribution in [0.1, 0.15) is 26.7 Å². The zero-order valence-corrected chi connectivity index (χ0v) is 13.1. The summed E-state index contributed by atoms with van der Waals surface area (Å²) >= 11 is 0. The van der Waals surface area contributed by atoms with Crippen LogP contribution < -0.4 is 11.1 Å². The molecular formula is C12H21N5O3S. The molecule has 118 valence electrons. The summed E-state index contributed by atoms with van der Waals surface area (Å²) in [5.74, 6) is -0.295. The van der Waals surface area contributed by atoms with E-state index in [0.717, 1.165) is 6.42 Å². The van der Waals surface area contributed by atoms with Crippen LogP contribution in [0.15, 0.2) is 11.1 Å². The lowest BCUT2D eigenvalue weighted by Gasteiger charge is -2.33. The van der Waals surface area contributed by atoms with E-state index in [-0.39, 0.29) is 23.2 Å². The average Bonchev–Trinajstić information content (AvgIpc) is 2.80. The monoisotopic (exact) mass is 315 g/mol. The first-order chi connectivity index (χ1) is 9.91. The Labute approximate surface area is 124 Å². The van der Waals surface area contributed by atoms with Crippen molar-refractivity contribution in [3.8, 4) is 0 Å². The summed E-state index contributed by atoms with van der Waals surface area (Å²) in [6, 6.07) is -0.697. The van der Waals surface area contributed by atoms with Gasteiger partial charge < -0.3 is 11.1 Å². The number of sulfonamides is 1. The number of amides is 1. The third-order valence-corrected chi connectivity index (χ3v) is 5.39. The summed E-state index contributed by atoms with van der Waals surface area (Å²) in [7, 11) is -3.82. The van der Waals surface area contributed by atoms with E-state index < -0.39 is 16.1 Å².